The number of nitrogens with two attached hydrogens (primary N) is 4. The number of nitrogens with one attached hydrogen (secondary N) is 3. The number of aliphatic carboxylic acids is 1. The van der Waals surface area contributed by atoms with Gasteiger partial charge in [0.15, 0.2) is 5.96 Å². The zero-order chi connectivity index (χ0) is 28.7. The molecule has 0 heterocycles. The Bertz CT molecular complexity index is 815. The molecule has 0 radical (unpaired) electrons. The SMILES string of the molecule is CCC(C)C(N)C(=O)NC(CC(C)C)C(=O)NC(CCC(N)=O)C(=O)NC(CCCN=C(N)N)C(=O)O. The number of hydrogen-bond acceptors (Lipinski definition) is 7. The summed E-state index contributed by atoms with van der Waals surface area (Å²) >= 11 is 0. The minimum Gasteiger partial charge on any atom is -0.480 e. The number of rotatable bonds is 18. The van der Waals surface area contributed by atoms with E-state index in [1.165, 1.54) is 0 Å². The lowest BCUT2D eigenvalue weighted by Gasteiger charge is -2.27. The first-order valence-electron chi connectivity index (χ1n) is 12.4. The third-order valence-corrected chi connectivity index (χ3v) is 5.77. The standard InChI is InChI=1S/C23H44N8O6/c1-5-13(4)18(25)21(35)31-16(11-12(2)3)20(34)29-14(8-9-17(24)32)19(33)30-15(22(36)37)7-6-10-28-23(26)27/h12-16,18H,5-11,25H2,1-4H3,(H2,24,32)(H,29,34)(H,30,33)(H,31,35)(H,36,37)(H4,26,27,28). The van der Waals surface area contributed by atoms with Crippen molar-refractivity contribution in [3.63, 3.8) is 0 Å². The van der Waals surface area contributed by atoms with Crippen LogP contribution in [0.2, 0.25) is 0 Å². The second-order valence-electron chi connectivity index (χ2n) is 9.52. The zero-order valence-corrected chi connectivity index (χ0v) is 22.2. The summed E-state index contributed by atoms with van der Waals surface area (Å²) in [5, 5.41) is 17.0. The highest BCUT2D eigenvalue weighted by molar-refractivity contribution is 5.94. The quantitative estimate of drug-likeness (QED) is 0.0569. The minimum atomic E-state index is -1.29. The van der Waals surface area contributed by atoms with Crippen molar-refractivity contribution in [2.45, 2.75) is 90.4 Å². The molecule has 0 aliphatic rings. The van der Waals surface area contributed by atoms with Crippen molar-refractivity contribution in [2.75, 3.05) is 6.54 Å². The smallest absolute Gasteiger partial charge is 0.326 e. The highest BCUT2D eigenvalue weighted by atomic mass is 16.4. The largest absolute Gasteiger partial charge is 0.480 e. The number of aliphatic imine (C=N–C) groups is 1. The first-order chi connectivity index (χ1) is 17.2. The highest BCUT2D eigenvalue weighted by Gasteiger charge is 2.31. The number of primary amides is 1. The van der Waals surface area contributed by atoms with Crippen molar-refractivity contribution in [3.8, 4) is 0 Å². The molecule has 212 valence electrons. The molecule has 5 unspecified atom stereocenters. The number of nitrogens with zero attached hydrogens (tertiary/aromatic N) is 1. The predicted molar refractivity (Wildman–Crippen MR) is 139 cm³/mol. The van der Waals surface area contributed by atoms with E-state index in [0.717, 1.165) is 0 Å². The molecular formula is C23H44N8O6. The fraction of sp³-hybridized carbons (Fsp3) is 0.739. The molecular weight excluding hydrogens is 484 g/mol. The number of amides is 4. The molecule has 0 aliphatic heterocycles. The van der Waals surface area contributed by atoms with Gasteiger partial charge in [-0.1, -0.05) is 34.1 Å². The molecule has 12 N–H and O–H groups in total. The van der Waals surface area contributed by atoms with Crippen LogP contribution in [0.15, 0.2) is 4.99 Å². The number of carbonyl (C=O) groups is 5. The van der Waals surface area contributed by atoms with E-state index in [0.29, 0.717) is 6.42 Å². The number of carboxylic acid groups (broad SMARTS) is 1. The number of hydrogen-bond donors (Lipinski definition) is 8. The Labute approximate surface area is 217 Å². The van der Waals surface area contributed by atoms with Crippen LogP contribution < -0.4 is 38.9 Å². The summed E-state index contributed by atoms with van der Waals surface area (Å²) in [4.78, 5) is 65.4. The molecule has 0 aromatic carbocycles. The predicted octanol–water partition coefficient (Wildman–Crippen LogP) is -1.74. The van der Waals surface area contributed by atoms with E-state index in [4.69, 9.17) is 22.9 Å². The van der Waals surface area contributed by atoms with Gasteiger partial charge < -0.3 is 44.0 Å². The summed E-state index contributed by atoms with van der Waals surface area (Å²) in [6.07, 6.45) is 0.822. The average molecular weight is 529 g/mol. The highest BCUT2D eigenvalue weighted by Crippen LogP contribution is 2.10. The van der Waals surface area contributed by atoms with Gasteiger partial charge in [-0.05, 0) is 37.5 Å². The molecule has 0 rings (SSSR count). The summed E-state index contributed by atoms with van der Waals surface area (Å²) in [6.45, 7) is 7.60. The van der Waals surface area contributed by atoms with E-state index in [-0.39, 0.29) is 56.4 Å². The van der Waals surface area contributed by atoms with E-state index in [2.05, 4.69) is 20.9 Å². The molecule has 0 saturated heterocycles. The van der Waals surface area contributed by atoms with Gasteiger partial charge in [-0.3, -0.25) is 24.2 Å². The fourth-order valence-corrected chi connectivity index (χ4v) is 3.34. The molecule has 14 heteroatoms. The van der Waals surface area contributed by atoms with Crippen LogP contribution >= 0.6 is 0 Å². The summed E-state index contributed by atoms with van der Waals surface area (Å²) in [5.41, 5.74) is 21.7. The Morgan fingerprint density at radius 3 is 1.86 bits per heavy atom. The van der Waals surface area contributed by atoms with Crippen molar-refractivity contribution >= 4 is 35.6 Å². The van der Waals surface area contributed by atoms with Crippen LogP contribution in [0.5, 0.6) is 0 Å². The third kappa shape index (κ3) is 14.0. The van der Waals surface area contributed by atoms with Crippen LogP contribution in [0.4, 0.5) is 0 Å². The van der Waals surface area contributed by atoms with Gasteiger partial charge in [0.2, 0.25) is 23.6 Å². The minimum absolute atomic E-state index is 0.00961. The number of guanidine groups is 1. The van der Waals surface area contributed by atoms with E-state index >= 15 is 0 Å². The first-order valence-corrected chi connectivity index (χ1v) is 12.4. The molecule has 14 nitrogen and oxygen atoms in total. The van der Waals surface area contributed by atoms with E-state index in [1.54, 1.807) is 0 Å². The van der Waals surface area contributed by atoms with Gasteiger partial charge in [0, 0.05) is 13.0 Å². The summed E-state index contributed by atoms with van der Waals surface area (Å²) in [5.74, 6) is -4.21. The van der Waals surface area contributed by atoms with Crippen molar-refractivity contribution in [2.24, 2.45) is 39.8 Å². The number of carbonyl (C=O) groups excluding carboxylic acids is 4. The fourth-order valence-electron chi connectivity index (χ4n) is 3.34. The van der Waals surface area contributed by atoms with Gasteiger partial charge in [-0.2, -0.15) is 0 Å². The lowest BCUT2D eigenvalue weighted by molar-refractivity contribution is -0.142. The van der Waals surface area contributed by atoms with Crippen molar-refractivity contribution in [1.82, 2.24) is 16.0 Å². The van der Waals surface area contributed by atoms with Crippen LogP contribution in [0.25, 0.3) is 0 Å². The number of carboxylic acids is 1. The lowest BCUT2D eigenvalue weighted by atomic mass is 9.97. The normalized spacial score (nSPS) is 15.0. The Balaban J connectivity index is 5.58. The lowest BCUT2D eigenvalue weighted by Crippen LogP contribution is -2.58. The maximum atomic E-state index is 13.1. The molecule has 0 aromatic rings. The summed E-state index contributed by atoms with van der Waals surface area (Å²) in [6, 6.07) is -4.37. The molecule has 37 heavy (non-hydrogen) atoms. The maximum Gasteiger partial charge on any atom is 0.326 e. The monoisotopic (exact) mass is 528 g/mol. The second-order valence-corrected chi connectivity index (χ2v) is 9.52. The molecule has 0 bridgehead atoms. The second kappa shape index (κ2) is 17.1. The van der Waals surface area contributed by atoms with Crippen molar-refractivity contribution in [1.29, 1.82) is 0 Å². The molecule has 0 fully saturated rings. The van der Waals surface area contributed by atoms with E-state index in [9.17, 15) is 29.1 Å². The maximum absolute atomic E-state index is 13.1. The summed E-state index contributed by atoms with van der Waals surface area (Å²) < 4.78 is 0. The van der Waals surface area contributed by atoms with Gasteiger partial charge in [0.25, 0.3) is 0 Å². The van der Waals surface area contributed by atoms with Gasteiger partial charge in [-0.25, -0.2) is 4.79 Å². The van der Waals surface area contributed by atoms with Crippen LogP contribution in [0.3, 0.4) is 0 Å². The van der Waals surface area contributed by atoms with Crippen LogP contribution in [0, 0.1) is 11.8 Å². The molecule has 0 aliphatic carbocycles. The summed E-state index contributed by atoms with van der Waals surface area (Å²) in [7, 11) is 0. The Morgan fingerprint density at radius 1 is 0.838 bits per heavy atom. The zero-order valence-electron chi connectivity index (χ0n) is 22.2. The van der Waals surface area contributed by atoms with Crippen LogP contribution in [-0.2, 0) is 24.0 Å². The van der Waals surface area contributed by atoms with Crippen molar-refractivity contribution in [3.05, 3.63) is 0 Å². The van der Waals surface area contributed by atoms with Gasteiger partial charge >= 0.3 is 5.97 Å². The first kappa shape index (κ1) is 33.6. The Kier molecular flexibility index (Phi) is 15.5. The average Bonchev–Trinajstić information content (AvgIpc) is 2.80. The van der Waals surface area contributed by atoms with Gasteiger partial charge in [0.1, 0.15) is 18.1 Å². The molecule has 4 amide bonds. The van der Waals surface area contributed by atoms with E-state index in [1.807, 2.05) is 27.7 Å². The van der Waals surface area contributed by atoms with E-state index < -0.39 is 53.8 Å². The van der Waals surface area contributed by atoms with Crippen molar-refractivity contribution < 1.29 is 29.1 Å². The molecule has 5 atom stereocenters. The molecule has 0 aromatic heterocycles. The molecule has 0 spiro atoms. The third-order valence-electron chi connectivity index (χ3n) is 5.77. The van der Waals surface area contributed by atoms with Gasteiger partial charge in [-0.15, -0.1) is 0 Å². The molecule has 0 saturated carbocycles. The van der Waals surface area contributed by atoms with Crippen LogP contribution in [-0.4, -0.2) is 71.4 Å². The Hall–Kier alpha value is -3.42. The van der Waals surface area contributed by atoms with Crippen LogP contribution in [0.1, 0.15) is 66.2 Å². The topological polar surface area (TPSA) is 258 Å². The Morgan fingerprint density at radius 2 is 1.38 bits per heavy atom. The van der Waals surface area contributed by atoms with Gasteiger partial charge in [0.05, 0.1) is 6.04 Å².